The Morgan fingerprint density at radius 2 is 2.23 bits per heavy atom. The summed E-state index contributed by atoms with van der Waals surface area (Å²) in [6.07, 6.45) is 6.43. The summed E-state index contributed by atoms with van der Waals surface area (Å²) in [5, 5.41) is 2.59. The summed E-state index contributed by atoms with van der Waals surface area (Å²) in [5.41, 5.74) is 5.66. The number of terminal acetylenes is 1. The lowest BCUT2D eigenvalue weighted by Crippen LogP contribution is -2.53. The van der Waals surface area contributed by atoms with Gasteiger partial charge < -0.3 is 15.8 Å². The fourth-order valence-electron chi connectivity index (χ4n) is 1.26. The summed E-state index contributed by atoms with van der Waals surface area (Å²) in [4.78, 5) is 10.8. The van der Waals surface area contributed by atoms with Gasteiger partial charge in [-0.1, -0.05) is 0 Å². The number of nitrogens with two attached hydrogens (primary N) is 1. The third-order valence-corrected chi connectivity index (χ3v) is 2.22. The van der Waals surface area contributed by atoms with Gasteiger partial charge in [-0.25, -0.2) is 0 Å². The second-order valence-corrected chi connectivity index (χ2v) is 3.30. The smallest absolute Gasteiger partial charge is 0.295 e. The Morgan fingerprint density at radius 1 is 1.62 bits per heavy atom. The molecule has 1 rings (SSSR count). The molecule has 4 nitrogen and oxygen atoms in total. The van der Waals surface area contributed by atoms with Crippen LogP contribution in [0.5, 0.6) is 0 Å². The molecule has 1 aliphatic rings. The second kappa shape index (κ2) is 4.26. The van der Waals surface area contributed by atoms with Gasteiger partial charge in [0.05, 0.1) is 0 Å². The monoisotopic (exact) mass is 182 g/mol. The Kier molecular flexibility index (Phi) is 3.29. The normalized spacial score (nSPS) is 20.3. The molecular weight excluding hydrogens is 168 g/mol. The van der Waals surface area contributed by atoms with Crippen molar-refractivity contribution in [2.45, 2.75) is 18.4 Å². The maximum absolute atomic E-state index is 10.8. The van der Waals surface area contributed by atoms with E-state index in [9.17, 15) is 4.79 Å². The topological polar surface area (TPSA) is 64.4 Å². The minimum Gasteiger partial charge on any atom is -0.381 e. The predicted molar refractivity (Wildman–Crippen MR) is 48.8 cm³/mol. The summed E-state index contributed by atoms with van der Waals surface area (Å²) >= 11 is 0. The molecule has 13 heavy (non-hydrogen) atoms. The van der Waals surface area contributed by atoms with E-state index < -0.39 is 5.91 Å². The summed E-state index contributed by atoms with van der Waals surface area (Å²) in [7, 11) is 0. The van der Waals surface area contributed by atoms with Crippen LogP contribution in [-0.2, 0) is 9.53 Å². The van der Waals surface area contributed by atoms with Gasteiger partial charge in [-0.3, -0.25) is 4.79 Å². The van der Waals surface area contributed by atoms with E-state index in [4.69, 9.17) is 16.9 Å². The number of amides is 1. The molecule has 0 aromatic heterocycles. The lowest BCUT2D eigenvalue weighted by molar-refractivity contribution is -0.116. The van der Waals surface area contributed by atoms with Crippen molar-refractivity contribution in [3.05, 3.63) is 0 Å². The van der Waals surface area contributed by atoms with Crippen molar-refractivity contribution in [1.29, 1.82) is 0 Å². The van der Waals surface area contributed by atoms with Gasteiger partial charge in [0.2, 0.25) is 0 Å². The van der Waals surface area contributed by atoms with Crippen molar-refractivity contribution >= 4 is 5.91 Å². The van der Waals surface area contributed by atoms with E-state index in [-0.39, 0.29) is 5.54 Å². The third-order valence-electron chi connectivity index (χ3n) is 2.22. The molecule has 3 N–H and O–H groups in total. The van der Waals surface area contributed by atoms with Crippen LogP contribution < -0.4 is 11.1 Å². The third kappa shape index (κ3) is 3.05. The van der Waals surface area contributed by atoms with E-state index >= 15 is 0 Å². The Bertz CT molecular complexity index is 226. The van der Waals surface area contributed by atoms with Gasteiger partial charge in [0.15, 0.2) is 0 Å². The van der Waals surface area contributed by atoms with Gasteiger partial charge in [-0.2, -0.15) is 0 Å². The minimum atomic E-state index is -0.406. The Hall–Kier alpha value is -1.05. The minimum absolute atomic E-state index is 0.342. The van der Waals surface area contributed by atoms with Crippen LogP contribution in [0.25, 0.3) is 0 Å². The number of hydrogen-bond acceptors (Lipinski definition) is 3. The lowest BCUT2D eigenvalue weighted by atomic mass is 9.91. The van der Waals surface area contributed by atoms with Crippen molar-refractivity contribution in [2.75, 3.05) is 19.8 Å². The standard InChI is InChI=1S/C9H14N2O2/c1-2-8(12)11-7-9(10)3-5-13-6-4-9/h1H,3-7,10H2,(H,11,12). The van der Waals surface area contributed by atoms with Crippen LogP contribution in [-0.4, -0.2) is 31.2 Å². The highest BCUT2D eigenvalue weighted by atomic mass is 16.5. The number of ether oxygens (including phenoxy) is 1. The molecule has 1 fully saturated rings. The molecule has 0 radical (unpaired) electrons. The SMILES string of the molecule is C#CC(=O)NCC1(N)CCOCC1. The zero-order valence-electron chi connectivity index (χ0n) is 7.51. The molecule has 1 amide bonds. The Labute approximate surface area is 77.8 Å². The predicted octanol–water partition coefficient (Wildman–Crippen LogP) is -0.756. The average molecular weight is 182 g/mol. The number of hydrogen-bond donors (Lipinski definition) is 2. The molecule has 1 heterocycles. The van der Waals surface area contributed by atoms with Crippen molar-refractivity contribution in [2.24, 2.45) is 5.73 Å². The molecule has 4 heteroatoms. The van der Waals surface area contributed by atoms with E-state index in [1.54, 1.807) is 0 Å². The summed E-state index contributed by atoms with van der Waals surface area (Å²) in [6, 6.07) is 0. The molecule has 0 unspecified atom stereocenters. The maximum atomic E-state index is 10.8. The lowest BCUT2D eigenvalue weighted by Gasteiger charge is -2.33. The van der Waals surface area contributed by atoms with Crippen LogP contribution in [0.1, 0.15) is 12.8 Å². The number of carbonyl (C=O) groups is 1. The van der Waals surface area contributed by atoms with Crippen LogP contribution in [0, 0.1) is 12.3 Å². The van der Waals surface area contributed by atoms with Crippen molar-refractivity contribution in [3.63, 3.8) is 0 Å². The van der Waals surface area contributed by atoms with Crippen LogP contribution in [0.2, 0.25) is 0 Å². The maximum Gasteiger partial charge on any atom is 0.295 e. The Balaban J connectivity index is 2.34. The van der Waals surface area contributed by atoms with E-state index in [2.05, 4.69) is 5.32 Å². The van der Waals surface area contributed by atoms with Gasteiger partial charge in [0.1, 0.15) is 0 Å². The van der Waals surface area contributed by atoms with Crippen LogP contribution in [0.4, 0.5) is 0 Å². The first kappa shape index (κ1) is 10.0. The van der Waals surface area contributed by atoms with Crippen LogP contribution >= 0.6 is 0 Å². The summed E-state index contributed by atoms with van der Waals surface area (Å²) < 4.78 is 5.17. The zero-order valence-corrected chi connectivity index (χ0v) is 7.51. The molecule has 0 aliphatic carbocycles. The quantitative estimate of drug-likeness (QED) is 0.552. The molecular formula is C9H14N2O2. The molecule has 72 valence electrons. The van der Waals surface area contributed by atoms with Crippen molar-refractivity contribution in [1.82, 2.24) is 5.32 Å². The van der Waals surface area contributed by atoms with Gasteiger partial charge >= 0.3 is 0 Å². The molecule has 1 aliphatic heterocycles. The second-order valence-electron chi connectivity index (χ2n) is 3.30. The van der Waals surface area contributed by atoms with E-state index in [1.807, 2.05) is 5.92 Å². The van der Waals surface area contributed by atoms with E-state index in [0.717, 1.165) is 12.8 Å². The molecule has 0 atom stereocenters. The highest BCUT2D eigenvalue weighted by Gasteiger charge is 2.27. The van der Waals surface area contributed by atoms with E-state index in [0.29, 0.717) is 19.8 Å². The number of rotatable bonds is 2. The average Bonchev–Trinajstić information content (AvgIpc) is 2.15. The molecule has 0 saturated carbocycles. The zero-order chi connectivity index (χ0) is 9.73. The number of carbonyl (C=O) groups excluding carboxylic acids is 1. The fourth-order valence-corrected chi connectivity index (χ4v) is 1.26. The first-order valence-corrected chi connectivity index (χ1v) is 4.27. The van der Waals surface area contributed by atoms with Gasteiger partial charge in [-0.15, -0.1) is 6.42 Å². The highest BCUT2D eigenvalue weighted by Crippen LogP contribution is 2.16. The summed E-state index contributed by atoms with van der Waals surface area (Å²) in [5.74, 6) is 1.58. The van der Waals surface area contributed by atoms with E-state index in [1.165, 1.54) is 0 Å². The van der Waals surface area contributed by atoms with Crippen LogP contribution in [0.3, 0.4) is 0 Å². The largest absolute Gasteiger partial charge is 0.381 e. The van der Waals surface area contributed by atoms with Gasteiger partial charge in [0, 0.05) is 25.3 Å². The Morgan fingerprint density at radius 3 is 2.77 bits per heavy atom. The molecule has 0 spiro atoms. The number of nitrogens with one attached hydrogen (secondary N) is 1. The summed E-state index contributed by atoms with van der Waals surface area (Å²) in [6.45, 7) is 1.74. The molecule has 0 aromatic rings. The van der Waals surface area contributed by atoms with Crippen LogP contribution in [0.15, 0.2) is 0 Å². The van der Waals surface area contributed by atoms with Gasteiger partial charge in [0.25, 0.3) is 5.91 Å². The highest BCUT2D eigenvalue weighted by molar-refractivity contribution is 5.92. The molecule has 0 bridgehead atoms. The van der Waals surface area contributed by atoms with Crippen molar-refractivity contribution < 1.29 is 9.53 Å². The molecule has 1 saturated heterocycles. The first-order valence-electron chi connectivity index (χ1n) is 4.27. The first-order chi connectivity index (χ1) is 6.16. The fraction of sp³-hybridized carbons (Fsp3) is 0.667. The van der Waals surface area contributed by atoms with Gasteiger partial charge in [-0.05, 0) is 18.8 Å². The van der Waals surface area contributed by atoms with Crippen molar-refractivity contribution in [3.8, 4) is 12.3 Å². The molecule has 0 aromatic carbocycles.